The maximum atomic E-state index is 13.0. The largest absolute Gasteiger partial charge is 0.366 e. The zero-order valence-electron chi connectivity index (χ0n) is 10.5. The van der Waals surface area contributed by atoms with Crippen LogP contribution in [0.5, 0.6) is 0 Å². The molecule has 0 aliphatic carbocycles. The van der Waals surface area contributed by atoms with Crippen LogP contribution < -0.4 is 5.73 Å². The lowest BCUT2D eigenvalue weighted by Gasteiger charge is -2.08. The number of nitrogens with zero attached hydrogens (tertiary/aromatic N) is 1. The molecule has 2 aromatic rings. The summed E-state index contributed by atoms with van der Waals surface area (Å²) in [5.74, 6) is 1.72. The Kier molecular flexibility index (Phi) is 3.39. The fourth-order valence-electron chi connectivity index (χ4n) is 2.05. The van der Waals surface area contributed by atoms with Gasteiger partial charge in [-0.25, -0.2) is 4.39 Å². The zero-order chi connectivity index (χ0) is 14.0. The van der Waals surface area contributed by atoms with Crippen molar-refractivity contribution in [3.05, 3.63) is 47.4 Å². The molecular weight excluding hydrogens is 243 g/mol. The standard InChI is InChI=1S/C15H13FN2O/c1-3-8-18-10(2)13(15(17)19)9-14(18)11-4-6-12(16)7-5-11/h1,4-7,9H,8H2,2H3,(H2,17,19). The van der Waals surface area contributed by atoms with Crippen LogP contribution in [0.3, 0.4) is 0 Å². The first-order chi connectivity index (χ1) is 9.04. The molecule has 4 heteroatoms. The summed E-state index contributed by atoms with van der Waals surface area (Å²) in [5, 5.41) is 0. The van der Waals surface area contributed by atoms with E-state index in [1.54, 1.807) is 25.1 Å². The second-order valence-electron chi connectivity index (χ2n) is 4.19. The van der Waals surface area contributed by atoms with E-state index in [0.717, 1.165) is 11.3 Å². The minimum absolute atomic E-state index is 0.314. The Hall–Kier alpha value is -2.54. The smallest absolute Gasteiger partial charge is 0.250 e. The summed E-state index contributed by atoms with van der Waals surface area (Å²) >= 11 is 0. The van der Waals surface area contributed by atoms with Crippen LogP contribution in [0.1, 0.15) is 16.1 Å². The van der Waals surface area contributed by atoms with Crippen molar-refractivity contribution in [1.29, 1.82) is 0 Å². The summed E-state index contributed by atoms with van der Waals surface area (Å²) in [6.07, 6.45) is 5.34. The van der Waals surface area contributed by atoms with Crippen LogP contribution in [0.4, 0.5) is 4.39 Å². The van der Waals surface area contributed by atoms with Crippen molar-refractivity contribution in [2.24, 2.45) is 5.73 Å². The maximum absolute atomic E-state index is 13.0. The van der Waals surface area contributed by atoms with Crippen LogP contribution in [0, 0.1) is 25.1 Å². The lowest BCUT2D eigenvalue weighted by Crippen LogP contribution is -2.12. The van der Waals surface area contributed by atoms with E-state index in [-0.39, 0.29) is 5.82 Å². The highest BCUT2D eigenvalue weighted by atomic mass is 19.1. The number of nitrogens with two attached hydrogens (primary N) is 1. The van der Waals surface area contributed by atoms with Crippen molar-refractivity contribution in [1.82, 2.24) is 4.57 Å². The second kappa shape index (κ2) is 4.99. The van der Waals surface area contributed by atoms with Crippen LogP contribution in [0.2, 0.25) is 0 Å². The van der Waals surface area contributed by atoms with Gasteiger partial charge in [0.25, 0.3) is 5.91 Å². The predicted molar refractivity (Wildman–Crippen MR) is 71.9 cm³/mol. The van der Waals surface area contributed by atoms with Gasteiger partial charge in [-0.15, -0.1) is 6.42 Å². The van der Waals surface area contributed by atoms with Gasteiger partial charge in [-0.3, -0.25) is 4.79 Å². The van der Waals surface area contributed by atoms with Gasteiger partial charge in [0, 0.05) is 11.4 Å². The van der Waals surface area contributed by atoms with Crippen LogP contribution in [0.25, 0.3) is 11.3 Å². The highest BCUT2D eigenvalue weighted by Gasteiger charge is 2.16. The Balaban J connectivity index is 2.62. The summed E-state index contributed by atoms with van der Waals surface area (Å²) < 4.78 is 14.8. The number of rotatable bonds is 3. The topological polar surface area (TPSA) is 48.0 Å². The molecule has 19 heavy (non-hydrogen) atoms. The average molecular weight is 256 g/mol. The van der Waals surface area contributed by atoms with Gasteiger partial charge in [-0.1, -0.05) is 5.92 Å². The lowest BCUT2D eigenvalue weighted by atomic mass is 10.1. The first-order valence-electron chi connectivity index (χ1n) is 5.74. The highest BCUT2D eigenvalue weighted by Crippen LogP contribution is 2.26. The van der Waals surface area contributed by atoms with Crippen molar-refractivity contribution >= 4 is 5.91 Å². The Morgan fingerprint density at radius 3 is 2.58 bits per heavy atom. The molecule has 1 amide bonds. The number of terminal acetylenes is 1. The third-order valence-electron chi connectivity index (χ3n) is 3.02. The van der Waals surface area contributed by atoms with E-state index in [0.29, 0.717) is 17.8 Å². The van der Waals surface area contributed by atoms with Crippen molar-refractivity contribution in [3.63, 3.8) is 0 Å². The van der Waals surface area contributed by atoms with Crippen LogP contribution in [-0.2, 0) is 6.54 Å². The number of primary amides is 1. The third-order valence-corrected chi connectivity index (χ3v) is 3.02. The first-order valence-corrected chi connectivity index (χ1v) is 5.74. The molecule has 0 saturated carbocycles. The minimum atomic E-state index is -0.503. The van der Waals surface area contributed by atoms with Gasteiger partial charge in [0.1, 0.15) is 5.82 Å². The van der Waals surface area contributed by atoms with Crippen LogP contribution in [0.15, 0.2) is 30.3 Å². The molecule has 0 atom stereocenters. The molecule has 0 unspecified atom stereocenters. The summed E-state index contributed by atoms with van der Waals surface area (Å²) in [4.78, 5) is 11.4. The molecule has 96 valence electrons. The van der Waals surface area contributed by atoms with Gasteiger partial charge in [0.05, 0.1) is 12.1 Å². The summed E-state index contributed by atoms with van der Waals surface area (Å²) in [5.41, 5.74) is 8.01. The van der Waals surface area contributed by atoms with E-state index in [2.05, 4.69) is 5.92 Å². The van der Waals surface area contributed by atoms with E-state index in [1.165, 1.54) is 12.1 Å². The van der Waals surface area contributed by atoms with Gasteiger partial charge >= 0.3 is 0 Å². The lowest BCUT2D eigenvalue weighted by molar-refractivity contribution is 0.0999. The molecular formula is C15H13FN2O. The number of hydrogen-bond acceptors (Lipinski definition) is 1. The third kappa shape index (κ3) is 2.36. The Morgan fingerprint density at radius 1 is 1.42 bits per heavy atom. The van der Waals surface area contributed by atoms with Crippen molar-refractivity contribution in [3.8, 4) is 23.6 Å². The molecule has 1 aromatic carbocycles. The normalized spacial score (nSPS) is 10.2. The van der Waals surface area contributed by atoms with Crippen molar-refractivity contribution < 1.29 is 9.18 Å². The summed E-state index contributed by atoms with van der Waals surface area (Å²) in [7, 11) is 0. The number of benzene rings is 1. The van der Waals surface area contributed by atoms with Gasteiger partial charge in [0.15, 0.2) is 0 Å². The van der Waals surface area contributed by atoms with Crippen molar-refractivity contribution in [2.75, 3.05) is 0 Å². The Bertz CT molecular complexity index is 663. The molecule has 0 bridgehead atoms. The zero-order valence-corrected chi connectivity index (χ0v) is 10.5. The average Bonchev–Trinajstić information content (AvgIpc) is 2.69. The van der Waals surface area contributed by atoms with Gasteiger partial charge < -0.3 is 10.3 Å². The number of aromatic nitrogens is 1. The fraction of sp³-hybridized carbons (Fsp3) is 0.133. The summed E-state index contributed by atoms with van der Waals surface area (Å²) in [6.45, 7) is 2.11. The van der Waals surface area contributed by atoms with Gasteiger partial charge in [-0.2, -0.15) is 0 Å². The van der Waals surface area contributed by atoms with E-state index in [1.807, 2.05) is 4.57 Å². The fourth-order valence-corrected chi connectivity index (χ4v) is 2.05. The molecule has 2 N–H and O–H groups in total. The molecule has 0 fully saturated rings. The molecule has 3 nitrogen and oxygen atoms in total. The Morgan fingerprint density at radius 2 is 2.05 bits per heavy atom. The number of carbonyl (C=O) groups is 1. The maximum Gasteiger partial charge on any atom is 0.250 e. The van der Waals surface area contributed by atoms with Crippen molar-refractivity contribution in [2.45, 2.75) is 13.5 Å². The molecule has 0 saturated heterocycles. The Labute approximate surface area is 110 Å². The number of amides is 1. The van der Waals surface area contributed by atoms with E-state index in [4.69, 9.17) is 12.2 Å². The van der Waals surface area contributed by atoms with E-state index < -0.39 is 5.91 Å². The van der Waals surface area contributed by atoms with Crippen LogP contribution >= 0.6 is 0 Å². The molecule has 0 spiro atoms. The molecule has 0 aliphatic heterocycles. The van der Waals surface area contributed by atoms with Crippen LogP contribution in [-0.4, -0.2) is 10.5 Å². The van der Waals surface area contributed by atoms with E-state index in [9.17, 15) is 9.18 Å². The van der Waals surface area contributed by atoms with E-state index >= 15 is 0 Å². The number of carbonyl (C=O) groups excluding carboxylic acids is 1. The SMILES string of the molecule is C#CCn1c(-c2ccc(F)cc2)cc(C(N)=O)c1C. The molecule has 1 aromatic heterocycles. The minimum Gasteiger partial charge on any atom is -0.366 e. The molecule has 0 aliphatic rings. The van der Waals surface area contributed by atoms with Gasteiger partial charge in [0.2, 0.25) is 0 Å². The molecule has 0 radical (unpaired) electrons. The predicted octanol–water partition coefficient (Wildman–Crippen LogP) is 2.33. The van der Waals surface area contributed by atoms with Gasteiger partial charge in [-0.05, 0) is 42.8 Å². The number of hydrogen-bond donors (Lipinski definition) is 1. The monoisotopic (exact) mass is 256 g/mol. The number of halogens is 1. The second-order valence-corrected chi connectivity index (χ2v) is 4.19. The molecule has 1 heterocycles. The summed E-state index contributed by atoms with van der Waals surface area (Å²) in [6, 6.07) is 7.69. The molecule has 2 rings (SSSR count). The quantitative estimate of drug-likeness (QED) is 0.842. The highest BCUT2D eigenvalue weighted by molar-refractivity contribution is 5.95. The first kappa shape index (κ1) is 12.9.